The lowest BCUT2D eigenvalue weighted by Crippen LogP contribution is -2.25. The average Bonchev–Trinajstić information content (AvgIpc) is 2.83. The molecule has 2 rings (SSSR count). The van der Waals surface area contributed by atoms with Gasteiger partial charge in [0, 0.05) is 0 Å². The van der Waals surface area contributed by atoms with Crippen molar-refractivity contribution in [3.8, 4) is 0 Å². The smallest absolute Gasteiger partial charge is 0.156 e. The Bertz CT molecular complexity index is 270. The van der Waals surface area contributed by atoms with Crippen molar-refractivity contribution in [2.75, 3.05) is 0 Å². The van der Waals surface area contributed by atoms with E-state index in [4.69, 9.17) is 0 Å². The monoisotopic (exact) mass is 215 g/mol. The molecule has 0 spiro atoms. The molecule has 0 aromatic rings. The Hall–Kier alpha value is -0.0500. The summed E-state index contributed by atoms with van der Waals surface area (Å²) in [4.78, 5) is 0. The Morgan fingerprint density at radius 2 is 1.71 bits per heavy atom. The van der Waals surface area contributed by atoms with Crippen LogP contribution in [0.4, 0.5) is 0 Å². The maximum Gasteiger partial charge on any atom is 0.156 e. The number of sulfone groups is 1. The molecule has 0 saturated heterocycles. The highest BCUT2D eigenvalue weighted by atomic mass is 32.2. The molecule has 2 saturated carbocycles. The molecule has 0 heterocycles. The summed E-state index contributed by atoms with van der Waals surface area (Å²) < 4.78 is 24.0. The van der Waals surface area contributed by atoms with Crippen LogP contribution >= 0.6 is 0 Å². The highest BCUT2D eigenvalue weighted by Crippen LogP contribution is 2.35. The topological polar surface area (TPSA) is 34.1 Å². The van der Waals surface area contributed by atoms with E-state index >= 15 is 0 Å². The molecule has 0 N–H and O–H groups in total. The number of rotatable bonds is 2. The van der Waals surface area contributed by atoms with E-state index < -0.39 is 9.84 Å². The van der Waals surface area contributed by atoms with Crippen molar-refractivity contribution in [3.05, 3.63) is 6.42 Å². The molecule has 1 atom stereocenters. The van der Waals surface area contributed by atoms with Crippen LogP contribution < -0.4 is 0 Å². The van der Waals surface area contributed by atoms with Crippen molar-refractivity contribution in [3.63, 3.8) is 0 Å². The second kappa shape index (κ2) is 4.21. The van der Waals surface area contributed by atoms with Gasteiger partial charge in [0.2, 0.25) is 0 Å². The lowest BCUT2D eigenvalue weighted by molar-refractivity contribution is 0.529. The molecule has 0 aliphatic heterocycles. The molecule has 3 heteroatoms. The van der Waals surface area contributed by atoms with E-state index in [-0.39, 0.29) is 10.5 Å². The van der Waals surface area contributed by atoms with E-state index in [2.05, 4.69) is 6.42 Å². The Morgan fingerprint density at radius 1 is 0.929 bits per heavy atom. The van der Waals surface area contributed by atoms with Gasteiger partial charge >= 0.3 is 0 Å². The summed E-state index contributed by atoms with van der Waals surface area (Å²) >= 11 is 0. The van der Waals surface area contributed by atoms with Gasteiger partial charge in [0.05, 0.1) is 10.5 Å². The summed E-state index contributed by atoms with van der Waals surface area (Å²) in [6.07, 6.45) is 10.4. The quantitative estimate of drug-likeness (QED) is 0.709. The zero-order valence-corrected chi connectivity index (χ0v) is 9.43. The molecule has 81 valence electrons. The van der Waals surface area contributed by atoms with Gasteiger partial charge in [-0.05, 0) is 32.1 Å². The fraction of sp³-hybridized carbons (Fsp3) is 0.909. The first kappa shape index (κ1) is 10.5. The normalized spacial score (nSPS) is 26.9. The minimum atomic E-state index is -2.76. The molecule has 1 radical (unpaired) electrons. The highest BCUT2D eigenvalue weighted by Gasteiger charge is 2.40. The van der Waals surface area contributed by atoms with Crippen LogP contribution in [0.5, 0.6) is 0 Å². The molecule has 2 aliphatic rings. The van der Waals surface area contributed by atoms with E-state index in [1.807, 2.05) is 0 Å². The average molecular weight is 215 g/mol. The maximum absolute atomic E-state index is 12.0. The lowest BCUT2D eigenvalue weighted by Gasteiger charge is -2.19. The first-order valence-electron chi connectivity index (χ1n) is 5.75. The minimum absolute atomic E-state index is 0.0281. The van der Waals surface area contributed by atoms with Crippen molar-refractivity contribution in [1.82, 2.24) is 0 Å². The molecule has 2 aliphatic carbocycles. The van der Waals surface area contributed by atoms with E-state index in [1.54, 1.807) is 0 Å². The number of hydrogen-bond donors (Lipinski definition) is 0. The van der Waals surface area contributed by atoms with Crippen LogP contribution in [0.15, 0.2) is 0 Å². The molecule has 0 aromatic carbocycles. The Labute approximate surface area is 87.0 Å². The summed E-state index contributed by atoms with van der Waals surface area (Å²) in [5, 5.41) is -0.0179. The van der Waals surface area contributed by atoms with Crippen LogP contribution in [0.25, 0.3) is 0 Å². The van der Waals surface area contributed by atoms with Crippen molar-refractivity contribution >= 4 is 9.84 Å². The van der Waals surface area contributed by atoms with Gasteiger partial charge in [-0.1, -0.05) is 25.7 Å². The van der Waals surface area contributed by atoms with E-state index in [9.17, 15) is 8.42 Å². The van der Waals surface area contributed by atoms with Gasteiger partial charge in [0.1, 0.15) is 0 Å². The molecule has 2 nitrogen and oxygen atoms in total. The predicted octanol–water partition coefficient (Wildman–Crippen LogP) is 2.49. The molecule has 14 heavy (non-hydrogen) atoms. The second-order valence-electron chi connectivity index (χ2n) is 4.57. The van der Waals surface area contributed by atoms with Crippen LogP contribution in [0.3, 0.4) is 0 Å². The van der Waals surface area contributed by atoms with Gasteiger partial charge in [-0.25, -0.2) is 8.42 Å². The summed E-state index contributed by atoms with van der Waals surface area (Å²) in [6.45, 7) is 0. The van der Waals surface area contributed by atoms with E-state index in [1.165, 1.54) is 12.8 Å². The van der Waals surface area contributed by atoms with Crippen LogP contribution in [0, 0.1) is 6.42 Å². The van der Waals surface area contributed by atoms with Crippen LogP contribution in [0.1, 0.15) is 51.4 Å². The van der Waals surface area contributed by atoms with Crippen LogP contribution in [0.2, 0.25) is 0 Å². The summed E-state index contributed by atoms with van der Waals surface area (Å²) in [6, 6.07) is 0. The highest BCUT2D eigenvalue weighted by molar-refractivity contribution is 7.92. The van der Waals surface area contributed by atoms with Gasteiger partial charge in [0.15, 0.2) is 9.84 Å². The van der Waals surface area contributed by atoms with Crippen LogP contribution in [-0.2, 0) is 9.84 Å². The minimum Gasteiger partial charge on any atom is -0.228 e. The SMILES string of the molecule is O=S(=O)(C1C[CH]CCCCC1)C1CC1. The standard InChI is InChI=1S/C11H19O2S/c12-14(13,11-8-9-11)10-6-4-2-1-3-5-7-10/h4,10-11H,1-3,5-9H2. The number of hydrogen-bond acceptors (Lipinski definition) is 2. The third-order valence-electron chi connectivity index (χ3n) is 3.32. The van der Waals surface area contributed by atoms with Gasteiger partial charge in [-0.3, -0.25) is 0 Å². The second-order valence-corrected chi connectivity index (χ2v) is 7.08. The summed E-state index contributed by atoms with van der Waals surface area (Å²) in [7, 11) is -2.76. The zero-order chi connectivity index (χ0) is 10.0. The zero-order valence-electron chi connectivity index (χ0n) is 8.61. The van der Waals surface area contributed by atoms with Gasteiger partial charge < -0.3 is 0 Å². The van der Waals surface area contributed by atoms with Gasteiger partial charge in [-0.15, -0.1) is 0 Å². The van der Waals surface area contributed by atoms with Crippen molar-refractivity contribution in [2.24, 2.45) is 0 Å². The predicted molar refractivity (Wildman–Crippen MR) is 57.7 cm³/mol. The van der Waals surface area contributed by atoms with Gasteiger partial charge in [0.25, 0.3) is 0 Å². The van der Waals surface area contributed by atoms with E-state index in [0.717, 1.165) is 38.5 Å². The summed E-state index contributed by atoms with van der Waals surface area (Å²) in [5.41, 5.74) is 0. The van der Waals surface area contributed by atoms with Crippen molar-refractivity contribution < 1.29 is 8.42 Å². The molecular formula is C11H19O2S. The Balaban J connectivity index is 1.99. The lowest BCUT2D eigenvalue weighted by atomic mass is 10.0. The third-order valence-corrected chi connectivity index (χ3v) is 6.08. The maximum atomic E-state index is 12.0. The Kier molecular flexibility index (Phi) is 3.15. The fourth-order valence-corrected chi connectivity index (χ4v) is 4.46. The molecule has 0 aromatic heterocycles. The molecule has 1 unspecified atom stereocenters. The van der Waals surface area contributed by atoms with Crippen LogP contribution in [-0.4, -0.2) is 18.9 Å². The van der Waals surface area contributed by atoms with Crippen molar-refractivity contribution in [2.45, 2.75) is 61.9 Å². The van der Waals surface area contributed by atoms with Gasteiger partial charge in [-0.2, -0.15) is 0 Å². The Morgan fingerprint density at radius 3 is 2.43 bits per heavy atom. The largest absolute Gasteiger partial charge is 0.228 e. The van der Waals surface area contributed by atoms with E-state index in [0.29, 0.717) is 0 Å². The third kappa shape index (κ3) is 2.30. The van der Waals surface area contributed by atoms with Crippen molar-refractivity contribution in [1.29, 1.82) is 0 Å². The first-order valence-corrected chi connectivity index (χ1v) is 7.36. The fourth-order valence-electron chi connectivity index (χ4n) is 2.23. The first-order chi connectivity index (χ1) is 6.71. The molecular weight excluding hydrogens is 196 g/mol. The molecule has 2 fully saturated rings. The molecule has 0 amide bonds. The summed E-state index contributed by atoms with van der Waals surface area (Å²) in [5.74, 6) is 0. The molecule has 0 bridgehead atoms.